The molecule has 1 aromatic heterocycles. The molecule has 0 aliphatic carbocycles. The van der Waals surface area contributed by atoms with Gasteiger partial charge in [0, 0.05) is 16.5 Å². The molecular weight excluding hydrogens is 380 g/mol. The van der Waals surface area contributed by atoms with E-state index in [0.717, 1.165) is 17.0 Å². The van der Waals surface area contributed by atoms with Crippen LogP contribution in [0.4, 0.5) is 5.13 Å². The number of hydrogen-bond acceptors (Lipinski definition) is 4. The minimum absolute atomic E-state index is 0.197. The number of nitrogens with one attached hydrogen (secondary N) is 1. The molecule has 4 aromatic rings. The van der Waals surface area contributed by atoms with E-state index in [-0.39, 0.29) is 5.91 Å². The van der Waals surface area contributed by atoms with Crippen molar-refractivity contribution in [2.24, 2.45) is 0 Å². The molecule has 4 rings (SSSR count). The standard InChI is InChI=1S/C24H20N2O2S/c1-16-8-9-19(14-17(16)2)22-15-29-24(25-22)26-23(27)18-10-12-21(13-11-18)28-20-6-4-3-5-7-20/h3-15H,1-2H3,(H,25,26,27). The lowest BCUT2D eigenvalue weighted by Crippen LogP contribution is -2.11. The Labute approximate surface area is 173 Å². The molecule has 0 saturated carbocycles. The molecule has 0 atom stereocenters. The highest BCUT2D eigenvalue weighted by Gasteiger charge is 2.11. The van der Waals surface area contributed by atoms with Crippen LogP contribution in [0.5, 0.6) is 11.5 Å². The van der Waals surface area contributed by atoms with Gasteiger partial charge in [0.05, 0.1) is 5.69 Å². The van der Waals surface area contributed by atoms with Gasteiger partial charge in [0.1, 0.15) is 11.5 Å². The third-order valence-electron chi connectivity index (χ3n) is 4.62. The minimum Gasteiger partial charge on any atom is -0.457 e. The van der Waals surface area contributed by atoms with Crippen molar-refractivity contribution in [3.8, 4) is 22.8 Å². The maximum Gasteiger partial charge on any atom is 0.257 e. The number of aryl methyl sites for hydroxylation is 2. The Kier molecular flexibility index (Phi) is 5.40. The number of rotatable bonds is 5. The van der Waals surface area contributed by atoms with Crippen LogP contribution in [0.25, 0.3) is 11.3 Å². The third kappa shape index (κ3) is 4.52. The largest absolute Gasteiger partial charge is 0.457 e. The van der Waals surface area contributed by atoms with E-state index in [1.165, 1.54) is 22.5 Å². The van der Waals surface area contributed by atoms with E-state index < -0.39 is 0 Å². The molecule has 0 radical (unpaired) electrons. The van der Waals surface area contributed by atoms with Crippen molar-refractivity contribution in [2.45, 2.75) is 13.8 Å². The molecule has 0 aliphatic rings. The Morgan fingerprint density at radius 3 is 2.34 bits per heavy atom. The first-order valence-electron chi connectivity index (χ1n) is 9.26. The van der Waals surface area contributed by atoms with Crippen molar-refractivity contribution < 1.29 is 9.53 Å². The maximum absolute atomic E-state index is 12.5. The number of amides is 1. The van der Waals surface area contributed by atoms with Gasteiger partial charge in [0.2, 0.25) is 0 Å². The van der Waals surface area contributed by atoms with E-state index in [2.05, 4.69) is 42.3 Å². The number of carbonyl (C=O) groups excluding carboxylic acids is 1. The van der Waals surface area contributed by atoms with E-state index in [0.29, 0.717) is 16.4 Å². The van der Waals surface area contributed by atoms with Gasteiger partial charge in [0.25, 0.3) is 5.91 Å². The van der Waals surface area contributed by atoms with Crippen molar-refractivity contribution in [3.05, 3.63) is 94.9 Å². The zero-order valence-electron chi connectivity index (χ0n) is 16.2. The Morgan fingerprint density at radius 2 is 1.62 bits per heavy atom. The molecule has 0 saturated heterocycles. The van der Waals surface area contributed by atoms with Crippen LogP contribution in [-0.4, -0.2) is 10.9 Å². The molecular formula is C24H20N2O2S. The molecule has 0 unspecified atom stereocenters. The van der Waals surface area contributed by atoms with E-state index in [1.54, 1.807) is 24.3 Å². The van der Waals surface area contributed by atoms with Gasteiger partial charge in [-0.15, -0.1) is 11.3 Å². The average Bonchev–Trinajstić information content (AvgIpc) is 3.20. The first kappa shape index (κ1) is 18.9. The average molecular weight is 401 g/mol. The number of anilines is 1. The van der Waals surface area contributed by atoms with Gasteiger partial charge in [0.15, 0.2) is 5.13 Å². The second kappa shape index (κ2) is 8.29. The summed E-state index contributed by atoms with van der Waals surface area (Å²) in [6.45, 7) is 4.17. The highest BCUT2D eigenvalue weighted by atomic mass is 32.1. The van der Waals surface area contributed by atoms with Crippen LogP contribution in [0.2, 0.25) is 0 Å². The first-order valence-corrected chi connectivity index (χ1v) is 10.1. The van der Waals surface area contributed by atoms with Gasteiger partial charge in [-0.2, -0.15) is 0 Å². The second-order valence-corrected chi connectivity index (χ2v) is 7.59. The number of nitrogens with zero attached hydrogens (tertiary/aromatic N) is 1. The maximum atomic E-state index is 12.5. The molecule has 144 valence electrons. The van der Waals surface area contributed by atoms with E-state index >= 15 is 0 Å². The Morgan fingerprint density at radius 1 is 0.897 bits per heavy atom. The van der Waals surface area contributed by atoms with Crippen LogP contribution in [-0.2, 0) is 0 Å². The molecule has 0 aliphatic heterocycles. The van der Waals surface area contributed by atoms with Crippen molar-refractivity contribution >= 4 is 22.4 Å². The lowest BCUT2D eigenvalue weighted by molar-refractivity contribution is 0.102. The summed E-state index contributed by atoms with van der Waals surface area (Å²) in [7, 11) is 0. The van der Waals surface area contributed by atoms with Crippen molar-refractivity contribution in [2.75, 3.05) is 5.32 Å². The summed E-state index contributed by atoms with van der Waals surface area (Å²) in [4.78, 5) is 17.1. The summed E-state index contributed by atoms with van der Waals surface area (Å²) >= 11 is 1.41. The van der Waals surface area contributed by atoms with Crippen LogP contribution in [0, 0.1) is 13.8 Å². The van der Waals surface area contributed by atoms with Gasteiger partial charge < -0.3 is 4.74 Å². The number of carbonyl (C=O) groups is 1. The summed E-state index contributed by atoms with van der Waals surface area (Å²) in [5.74, 6) is 1.24. The van der Waals surface area contributed by atoms with E-state index in [9.17, 15) is 4.79 Å². The van der Waals surface area contributed by atoms with Crippen molar-refractivity contribution in [1.29, 1.82) is 0 Å². The van der Waals surface area contributed by atoms with Gasteiger partial charge in [-0.3, -0.25) is 10.1 Å². The molecule has 1 heterocycles. The minimum atomic E-state index is -0.197. The highest BCUT2D eigenvalue weighted by Crippen LogP contribution is 2.27. The normalized spacial score (nSPS) is 10.6. The number of aromatic nitrogens is 1. The highest BCUT2D eigenvalue weighted by molar-refractivity contribution is 7.14. The van der Waals surface area contributed by atoms with Crippen LogP contribution in [0.3, 0.4) is 0 Å². The van der Waals surface area contributed by atoms with Crippen LogP contribution in [0.1, 0.15) is 21.5 Å². The topological polar surface area (TPSA) is 51.2 Å². The second-order valence-electron chi connectivity index (χ2n) is 6.73. The lowest BCUT2D eigenvalue weighted by Gasteiger charge is -2.06. The molecule has 1 amide bonds. The Balaban J connectivity index is 1.43. The van der Waals surface area contributed by atoms with Gasteiger partial charge in [-0.1, -0.05) is 30.3 Å². The fourth-order valence-corrected chi connectivity index (χ4v) is 3.55. The number of benzene rings is 3. The molecule has 5 heteroatoms. The number of para-hydroxylation sites is 1. The smallest absolute Gasteiger partial charge is 0.257 e. The Hall–Kier alpha value is -3.44. The fourth-order valence-electron chi connectivity index (χ4n) is 2.83. The number of hydrogen-bond donors (Lipinski definition) is 1. The zero-order valence-corrected chi connectivity index (χ0v) is 17.0. The summed E-state index contributed by atoms with van der Waals surface area (Å²) in [6, 6.07) is 22.8. The predicted octanol–water partition coefficient (Wildman–Crippen LogP) is 6.47. The van der Waals surface area contributed by atoms with E-state index in [4.69, 9.17) is 4.74 Å². The fraction of sp³-hybridized carbons (Fsp3) is 0.0833. The van der Waals surface area contributed by atoms with Crippen LogP contribution < -0.4 is 10.1 Å². The van der Waals surface area contributed by atoms with Crippen molar-refractivity contribution in [1.82, 2.24) is 4.98 Å². The molecule has 1 N–H and O–H groups in total. The van der Waals surface area contributed by atoms with E-state index in [1.807, 2.05) is 35.7 Å². The third-order valence-corrected chi connectivity index (χ3v) is 5.38. The molecule has 0 bridgehead atoms. The molecule has 0 fully saturated rings. The van der Waals surface area contributed by atoms with Gasteiger partial charge in [-0.25, -0.2) is 4.98 Å². The Bertz CT molecular complexity index is 1140. The van der Waals surface area contributed by atoms with Crippen LogP contribution >= 0.6 is 11.3 Å². The summed E-state index contributed by atoms with van der Waals surface area (Å²) in [6.07, 6.45) is 0. The zero-order chi connectivity index (χ0) is 20.2. The van der Waals surface area contributed by atoms with Gasteiger partial charge in [-0.05, 0) is 67.4 Å². The van der Waals surface area contributed by atoms with Gasteiger partial charge >= 0.3 is 0 Å². The summed E-state index contributed by atoms with van der Waals surface area (Å²) < 4.78 is 5.76. The number of thiazole rings is 1. The molecule has 29 heavy (non-hydrogen) atoms. The predicted molar refractivity (Wildman–Crippen MR) is 118 cm³/mol. The van der Waals surface area contributed by atoms with Crippen molar-refractivity contribution in [3.63, 3.8) is 0 Å². The SMILES string of the molecule is Cc1ccc(-c2csc(NC(=O)c3ccc(Oc4ccccc4)cc3)n2)cc1C. The molecule has 3 aromatic carbocycles. The number of ether oxygens (including phenoxy) is 1. The molecule has 0 spiro atoms. The monoisotopic (exact) mass is 400 g/mol. The lowest BCUT2D eigenvalue weighted by atomic mass is 10.1. The van der Waals surface area contributed by atoms with Crippen LogP contribution in [0.15, 0.2) is 78.2 Å². The summed E-state index contributed by atoms with van der Waals surface area (Å²) in [5.41, 5.74) is 4.93. The molecule has 4 nitrogen and oxygen atoms in total. The summed E-state index contributed by atoms with van der Waals surface area (Å²) in [5, 5.41) is 5.40. The first-order chi connectivity index (χ1) is 14.1. The quantitative estimate of drug-likeness (QED) is 0.417.